The van der Waals surface area contributed by atoms with E-state index in [1.807, 2.05) is 60.7 Å². The van der Waals surface area contributed by atoms with Crippen LogP contribution in [-0.4, -0.2) is 36.9 Å². The lowest BCUT2D eigenvalue weighted by Gasteiger charge is -2.40. The summed E-state index contributed by atoms with van der Waals surface area (Å²) in [5.74, 6) is -0.0450. The Bertz CT molecular complexity index is 920. The van der Waals surface area contributed by atoms with Gasteiger partial charge in [0, 0.05) is 49.9 Å². The molecule has 3 aromatic rings. The van der Waals surface area contributed by atoms with E-state index in [-0.39, 0.29) is 17.6 Å². The Hall–Kier alpha value is -2.98. The summed E-state index contributed by atoms with van der Waals surface area (Å²) in [7, 11) is 0. The van der Waals surface area contributed by atoms with Crippen molar-refractivity contribution in [2.75, 3.05) is 31.1 Å². The van der Waals surface area contributed by atoms with Crippen LogP contribution in [0.3, 0.4) is 0 Å². The molecule has 3 aromatic carbocycles. The Morgan fingerprint density at radius 3 is 2.00 bits per heavy atom. The fraction of sp³-hybridized carbons (Fsp3) is 0.240. The van der Waals surface area contributed by atoms with Gasteiger partial charge in [-0.1, -0.05) is 60.7 Å². The molecular formula is C25H25FN2O. The van der Waals surface area contributed by atoms with Crippen LogP contribution in [0.4, 0.5) is 10.1 Å². The highest BCUT2D eigenvalue weighted by atomic mass is 19.1. The molecule has 0 aliphatic carbocycles. The van der Waals surface area contributed by atoms with Crippen molar-refractivity contribution in [3.8, 4) is 0 Å². The van der Waals surface area contributed by atoms with Crippen LogP contribution in [-0.2, 0) is 0 Å². The molecule has 0 amide bonds. The molecule has 148 valence electrons. The Balaban J connectivity index is 1.48. The van der Waals surface area contributed by atoms with E-state index in [4.69, 9.17) is 0 Å². The van der Waals surface area contributed by atoms with Gasteiger partial charge in [-0.3, -0.25) is 9.69 Å². The van der Waals surface area contributed by atoms with E-state index < -0.39 is 0 Å². The van der Waals surface area contributed by atoms with Gasteiger partial charge in [-0.25, -0.2) is 4.39 Å². The van der Waals surface area contributed by atoms with E-state index in [0.29, 0.717) is 6.42 Å². The SMILES string of the molecule is O=C(CC(c1ccccc1)N1CCN(c2ccc(F)cc2)CC1)c1ccccc1. The van der Waals surface area contributed by atoms with Gasteiger partial charge in [0.15, 0.2) is 5.78 Å². The zero-order chi connectivity index (χ0) is 20.1. The number of ketones is 1. The second-order valence-corrected chi connectivity index (χ2v) is 7.42. The maximum atomic E-state index is 13.2. The van der Waals surface area contributed by atoms with E-state index in [9.17, 15) is 9.18 Å². The van der Waals surface area contributed by atoms with Crippen molar-refractivity contribution >= 4 is 11.5 Å². The molecular weight excluding hydrogens is 363 g/mol. The van der Waals surface area contributed by atoms with Crippen LogP contribution in [0.15, 0.2) is 84.9 Å². The number of carbonyl (C=O) groups excluding carboxylic acids is 1. The summed E-state index contributed by atoms with van der Waals surface area (Å²) in [4.78, 5) is 17.6. The number of hydrogen-bond acceptors (Lipinski definition) is 3. The smallest absolute Gasteiger partial charge is 0.164 e. The monoisotopic (exact) mass is 388 g/mol. The first-order valence-electron chi connectivity index (χ1n) is 10.1. The molecule has 0 aromatic heterocycles. The fourth-order valence-corrected chi connectivity index (χ4v) is 3.99. The predicted octanol–water partition coefficient (Wildman–Crippen LogP) is 4.96. The minimum Gasteiger partial charge on any atom is -0.369 e. The molecule has 1 saturated heterocycles. The van der Waals surface area contributed by atoms with Crippen LogP contribution < -0.4 is 4.90 Å². The highest BCUT2D eigenvalue weighted by Crippen LogP contribution is 2.28. The average Bonchev–Trinajstić information content (AvgIpc) is 2.79. The molecule has 4 rings (SSSR count). The summed E-state index contributed by atoms with van der Waals surface area (Å²) in [6.45, 7) is 3.43. The number of anilines is 1. The van der Waals surface area contributed by atoms with E-state index in [1.54, 1.807) is 0 Å². The third kappa shape index (κ3) is 4.72. The Kier molecular flexibility index (Phi) is 6.01. The molecule has 0 bridgehead atoms. The van der Waals surface area contributed by atoms with Gasteiger partial charge in [-0.15, -0.1) is 0 Å². The number of rotatable bonds is 6. The molecule has 1 aliphatic heterocycles. The highest BCUT2D eigenvalue weighted by Gasteiger charge is 2.27. The molecule has 1 aliphatic rings. The summed E-state index contributed by atoms with van der Waals surface area (Å²) in [5, 5.41) is 0. The fourth-order valence-electron chi connectivity index (χ4n) is 3.99. The zero-order valence-corrected chi connectivity index (χ0v) is 16.4. The topological polar surface area (TPSA) is 23.6 Å². The molecule has 1 heterocycles. The molecule has 0 spiro atoms. The lowest BCUT2D eigenvalue weighted by Crippen LogP contribution is -2.48. The van der Waals surface area contributed by atoms with Crippen LogP contribution >= 0.6 is 0 Å². The van der Waals surface area contributed by atoms with Crippen molar-refractivity contribution in [3.05, 3.63) is 102 Å². The van der Waals surface area contributed by atoms with E-state index in [1.165, 1.54) is 17.7 Å². The van der Waals surface area contributed by atoms with Crippen LogP contribution in [0, 0.1) is 5.82 Å². The maximum absolute atomic E-state index is 13.2. The molecule has 1 fully saturated rings. The molecule has 0 radical (unpaired) electrons. The first-order valence-corrected chi connectivity index (χ1v) is 10.1. The molecule has 29 heavy (non-hydrogen) atoms. The average molecular weight is 388 g/mol. The largest absolute Gasteiger partial charge is 0.369 e. The third-order valence-electron chi connectivity index (χ3n) is 5.61. The second kappa shape index (κ2) is 9.01. The molecule has 1 atom stereocenters. The predicted molar refractivity (Wildman–Crippen MR) is 115 cm³/mol. The van der Waals surface area contributed by atoms with Gasteiger partial charge >= 0.3 is 0 Å². The molecule has 3 nitrogen and oxygen atoms in total. The minimum absolute atomic E-state index is 0.0549. The van der Waals surface area contributed by atoms with E-state index >= 15 is 0 Å². The number of nitrogens with zero attached hydrogens (tertiary/aromatic N) is 2. The summed E-state index contributed by atoms with van der Waals surface area (Å²) in [6.07, 6.45) is 0.463. The van der Waals surface area contributed by atoms with E-state index in [2.05, 4.69) is 21.9 Å². The zero-order valence-electron chi connectivity index (χ0n) is 16.4. The second-order valence-electron chi connectivity index (χ2n) is 7.42. The van der Waals surface area contributed by atoms with Crippen molar-refractivity contribution in [1.82, 2.24) is 4.90 Å². The number of benzene rings is 3. The molecule has 0 N–H and O–H groups in total. The summed E-state index contributed by atoms with van der Waals surface area (Å²) in [5.41, 5.74) is 2.98. The molecule has 0 saturated carbocycles. The number of Topliss-reactive ketones (excluding diaryl/α,β-unsaturated/α-hetero) is 1. The van der Waals surface area contributed by atoms with Gasteiger partial charge in [0.2, 0.25) is 0 Å². The van der Waals surface area contributed by atoms with Gasteiger partial charge in [-0.2, -0.15) is 0 Å². The number of piperazine rings is 1. The van der Waals surface area contributed by atoms with Gasteiger partial charge < -0.3 is 4.90 Å². The van der Waals surface area contributed by atoms with Gasteiger partial charge in [0.05, 0.1) is 0 Å². The lowest BCUT2D eigenvalue weighted by molar-refractivity contribution is 0.0910. The quantitative estimate of drug-likeness (QED) is 0.558. The standard InChI is InChI=1S/C25H25FN2O/c26-22-11-13-23(14-12-22)27-15-17-28(18-16-27)24(20-7-3-1-4-8-20)19-25(29)21-9-5-2-6-10-21/h1-14,24H,15-19H2. The lowest BCUT2D eigenvalue weighted by atomic mass is 9.96. The first kappa shape index (κ1) is 19.3. The molecule has 1 unspecified atom stereocenters. The maximum Gasteiger partial charge on any atom is 0.164 e. The van der Waals surface area contributed by atoms with Crippen LogP contribution in [0.25, 0.3) is 0 Å². The van der Waals surface area contributed by atoms with Crippen molar-refractivity contribution in [1.29, 1.82) is 0 Å². The van der Waals surface area contributed by atoms with Crippen LogP contribution in [0.5, 0.6) is 0 Å². The Morgan fingerprint density at radius 1 is 0.793 bits per heavy atom. The Morgan fingerprint density at radius 2 is 1.38 bits per heavy atom. The van der Waals surface area contributed by atoms with Crippen LogP contribution in [0.2, 0.25) is 0 Å². The third-order valence-corrected chi connectivity index (χ3v) is 5.61. The Labute approximate surface area is 171 Å². The summed E-state index contributed by atoms with van der Waals surface area (Å²) >= 11 is 0. The highest BCUT2D eigenvalue weighted by molar-refractivity contribution is 5.96. The van der Waals surface area contributed by atoms with Gasteiger partial charge in [0.25, 0.3) is 0 Å². The molecule has 4 heteroatoms. The first-order chi connectivity index (χ1) is 14.2. The summed E-state index contributed by atoms with van der Waals surface area (Å²) < 4.78 is 13.2. The summed E-state index contributed by atoms with van der Waals surface area (Å²) in [6, 6.07) is 26.5. The van der Waals surface area contributed by atoms with Crippen molar-refractivity contribution in [2.45, 2.75) is 12.5 Å². The van der Waals surface area contributed by atoms with Crippen molar-refractivity contribution in [3.63, 3.8) is 0 Å². The van der Waals surface area contributed by atoms with Crippen molar-refractivity contribution in [2.24, 2.45) is 0 Å². The van der Waals surface area contributed by atoms with Gasteiger partial charge in [0.1, 0.15) is 5.82 Å². The van der Waals surface area contributed by atoms with E-state index in [0.717, 1.165) is 37.4 Å². The van der Waals surface area contributed by atoms with Crippen molar-refractivity contribution < 1.29 is 9.18 Å². The number of carbonyl (C=O) groups is 1. The van der Waals surface area contributed by atoms with Gasteiger partial charge in [-0.05, 0) is 29.8 Å². The van der Waals surface area contributed by atoms with Crippen LogP contribution in [0.1, 0.15) is 28.4 Å². The minimum atomic E-state index is -0.212. The number of halogens is 1. The number of hydrogen-bond donors (Lipinski definition) is 0. The normalized spacial score (nSPS) is 15.8.